The summed E-state index contributed by atoms with van der Waals surface area (Å²) in [5.74, 6) is 0. The van der Waals surface area contributed by atoms with E-state index in [1.807, 2.05) is 0 Å². The highest BCUT2D eigenvalue weighted by atomic mass is 16.6. The molecular formula is C21H42O3. The zero-order valence-corrected chi connectivity index (χ0v) is 16.1. The van der Waals surface area contributed by atoms with Gasteiger partial charge in [-0.25, -0.2) is 0 Å². The minimum Gasteiger partial charge on any atom is -0.394 e. The second-order valence-electron chi connectivity index (χ2n) is 7.39. The third-order valence-corrected chi connectivity index (χ3v) is 5.16. The highest BCUT2D eigenvalue weighted by Gasteiger charge is 2.27. The number of ether oxygens (including phenoxy) is 2. The van der Waals surface area contributed by atoms with Crippen LogP contribution in [0, 0.1) is 0 Å². The van der Waals surface area contributed by atoms with Crippen molar-refractivity contribution in [1.29, 1.82) is 0 Å². The first-order chi connectivity index (χ1) is 11.9. The number of hydrogen-bond donors (Lipinski definition) is 1. The molecule has 1 aliphatic rings. The van der Waals surface area contributed by atoms with Crippen molar-refractivity contribution in [2.24, 2.45) is 0 Å². The third kappa shape index (κ3) is 11.4. The second kappa shape index (κ2) is 16.4. The second-order valence-corrected chi connectivity index (χ2v) is 7.39. The van der Waals surface area contributed by atoms with Crippen LogP contribution in [0.2, 0.25) is 0 Å². The van der Waals surface area contributed by atoms with Crippen molar-refractivity contribution >= 4 is 0 Å². The van der Waals surface area contributed by atoms with Gasteiger partial charge in [0.2, 0.25) is 0 Å². The molecule has 0 unspecified atom stereocenters. The van der Waals surface area contributed by atoms with E-state index in [-0.39, 0.29) is 18.8 Å². The molecule has 1 fully saturated rings. The lowest BCUT2D eigenvalue weighted by Crippen LogP contribution is -2.28. The molecule has 1 N–H and O–H groups in total. The average Bonchev–Trinajstić information content (AvgIpc) is 3.06. The van der Waals surface area contributed by atoms with E-state index in [1.54, 1.807) is 0 Å². The van der Waals surface area contributed by atoms with Crippen molar-refractivity contribution in [3.05, 3.63) is 0 Å². The Bertz CT molecular complexity index is 257. The molecule has 1 saturated heterocycles. The molecule has 0 aromatic rings. The van der Waals surface area contributed by atoms with Gasteiger partial charge < -0.3 is 14.6 Å². The summed E-state index contributed by atoms with van der Waals surface area (Å²) in [5, 5.41) is 9.16. The molecule has 0 saturated carbocycles. The van der Waals surface area contributed by atoms with Crippen LogP contribution in [-0.2, 0) is 9.47 Å². The molecule has 1 aliphatic heterocycles. The summed E-state index contributed by atoms with van der Waals surface area (Å²) >= 11 is 0. The maximum Gasteiger partial charge on any atom is 0.107 e. The molecule has 0 aromatic carbocycles. The molecule has 0 spiro atoms. The van der Waals surface area contributed by atoms with Gasteiger partial charge in [-0.2, -0.15) is 0 Å². The summed E-state index contributed by atoms with van der Waals surface area (Å²) < 4.78 is 11.2. The van der Waals surface area contributed by atoms with Gasteiger partial charge in [0.25, 0.3) is 0 Å². The molecule has 0 bridgehead atoms. The Morgan fingerprint density at radius 1 is 0.792 bits per heavy atom. The molecule has 24 heavy (non-hydrogen) atoms. The minimum absolute atomic E-state index is 0.0864. The van der Waals surface area contributed by atoms with E-state index in [2.05, 4.69) is 6.92 Å². The topological polar surface area (TPSA) is 38.7 Å². The van der Waals surface area contributed by atoms with Gasteiger partial charge in [0.15, 0.2) is 0 Å². The van der Waals surface area contributed by atoms with Crippen molar-refractivity contribution in [1.82, 2.24) is 0 Å². The molecule has 0 aromatic heterocycles. The molecule has 3 heteroatoms. The fourth-order valence-corrected chi connectivity index (χ4v) is 3.52. The summed E-state index contributed by atoms with van der Waals surface area (Å²) in [7, 11) is 0. The third-order valence-electron chi connectivity index (χ3n) is 5.16. The van der Waals surface area contributed by atoms with E-state index in [9.17, 15) is 0 Å². The largest absolute Gasteiger partial charge is 0.394 e. The Balaban J connectivity index is 1.72. The van der Waals surface area contributed by atoms with Gasteiger partial charge in [-0.15, -0.1) is 0 Å². The maximum absolute atomic E-state index is 9.16. The molecule has 1 rings (SSSR count). The Morgan fingerprint density at radius 3 is 1.79 bits per heavy atom. The first-order valence-corrected chi connectivity index (χ1v) is 10.7. The molecule has 0 aliphatic carbocycles. The highest BCUT2D eigenvalue weighted by molar-refractivity contribution is 4.75. The SMILES string of the molecule is CCCCCCCCCCCCCCCCO[C@H]1CCO[C@@H]1CO. The first-order valence-electron chi connectivity index (χ1n) is 10.7. The lowest BCUT2D eigenvalue weighted by atomic mass is 10.0. The van der Waals surface area contributed by atoms with Crippen LogP contribution in [0.5, 0.6) is 0 Å². The normalized spacial score (nSPS) is 20.8. The lowest BCUT2D eigenvalue weighted by Gasteiger charge is -2.16. The number of hydrogen-bond acceptors (Lipinski definition) is 3. The first kappa shape index (κ1) is 21.9. The monoisotopic (exact) mass is 342 g/mol. The molecule has 1 heterocycles. The van der Waals surface area contributed by atoms with E-state index in [0.717, 1.165) is 26.1 Å². The molecule has 144 valence electrons. The molecule has 0 radical (unpaired) electrons. The molecule has 2 atom stereocenters. The van der Waals surface area contributed by atoms with E-state index in [0.29, 0.717) is 0 Å². The summed E-state index contributed by atoms with van der Waals surface area (Å²) in [4.78, 5) is 0. The van der Waals surface area contributed by atoms with Crippen LogP contribution in [-0.4, -0.2) is 37.1 Å². The van der Waals surface area contributed by atoms with Crippen LogP contribution in [0.4, 0.5) is 0 Å². The predicted molar refractivity (Wildman–Crippen MR) is 101 cm³/mol. The molecule has 3 nitrogen and oxygen atoms in total. The zero-order valence-electron chi connectivity index (χ0n) is 16.1. The van der Waals surface area contributed by atoms with Gasteiger partial charge in [-0.1, -0.05) is 90.4 Å². The zero-order chi connectivity index (χ0) is 17.3. The van der Waals surface area contributed by atoms with Crippen molar-refractivity contribution in [2.75, 3.05) is 19.8 Å². The van der Waals surface area contributed by atoms with Crippen molar-refractivity contribution in [3.8, 4) is 0 Å². The summed E-state index contributed by atoms with van der Waals surface area (Å²) in [6.45, 7) is 3.92. The van der Waals surface area contributed by atoms with Gasteiger partial charge in [0.05, 0.1) is 12.7 Å². The molecule has 0 amide bonds. The van der Waals surface area contributed by atoms with Crippen LogP contribution in [0.1, 0.15) is 103 Å². The van der Waals surface area contributed by atoms with Crippen molar-refractivity contribution < 1.29 is 14.6 Å². The standard InChI is InChI=1S/C21H42O3/c1-2-3-4-5-6-7-8-9-10-11-12-13-14-15-17-23-20-16-18-24-21(20)19-22/h20-22H,2-19H2,1H3/t20-,21+/m0/s1. The lowest BCUT2D eigenvalue weighted by molar-refractivity contribution is -0.0339. The maximum atomic E-state index is 9.16. The number of rotatable bonds is 17. The number of unbranched alkanes of at least 4 members (excludes halogenated alkanes) is 13. The quantitative estimate of drug-likeness (QED) is 0.348. The Kier molecular flexibility index (Phi) is 14.9. The van der Waals surface area contributed by atoms with E-state index in [4.69, 9.17) is 14.6 Å². The predicted octanol–water partition coefficient (Wildman–Crippen LogP) is 5.63. The van der Waals surface area contributed by atoms with Crippen molar-refractivity contribution in [2.45, 2.75) is 115 Å². The summed E-state index contributed by atoms with van der Waals surface area (Å²) in [6, 6.07) is 0. The van der Waals surface area contributed by atoms with Gasteiger partial charge in [-0.3, -0.25) is 0 Å². The van der Waals surface area contributed by atoms with Crippen LogP contribution in [0.3, 0.4) is 0 Å². The summed E-state index contributed by atoms with van der Waals surface area (Å²) in [6.07, 6.45) is 20.3. The summed E-state index contributed by atoms with van der Waals surface area (Å²) in [5.41, 5.74) is 0. The molecular weight excluding hydrogens is 300 g/mol. The number of aliphatic hydroxyl groups is 1. The fraction of sp³-hybridized carbons (Fsp3) is 1.00. The van der Waals surface area contributed by atoms with Gasteiger partial charge in [0.1, 0.15) is 6.10 Å². The van der Waals surface area contributed by atoms with Gasteiger partial charge in [0, 0.05) is 13.2 Å². The van der Waals surface area contributed by atoms with Gasteiger partial charge in [-0.05, 0) is 12.8 Å². The van der Waals surface area contributed by atoms with Crippen LogP contribution in [0.25, 0.3) is 0 Å². The Labute approximate surface area is 150 Å². The van der Waals surface area contributed by atoms with E-state index < -0.39 is 0 Å². The van der Waals surface area contributed by atoms with Crippen LogP contribution in [0.15, 0.2) is 0 Å². The van der Waals surface area contributed by atoms with E-state index in [1.165, 1.54) is 83.5 Å². The number of aliphatic hydroxyl groups excluding tert-OH is 1. The average molecular weight is 343 g/mol. The highest BCUT2D eigenvalue weighted by Crippen LogP contribution is 2.17. The fourth-order valence-electron chi connectivity index (χ4n) is 3.52. The minimum atomic E-state index is -0.0864. The van der Waals surface area contributed by atoms with Gasteiger partial charge >= 0.3 is 0 Å². The van der Waals surface area contributed by atoms with Crippen molar-refractivity contribution in [3.63, 3.8) is 0 Å². The smallest absolute Gasteiger partial charge is 0.107 e. The Morgan fingerprint density at radius 2 is 1.29 bits per heavy atom. The van der Waals surface area contributed by atoms with E-state index >= 15 is 0 Å². The van der Waals surface area contributed by atoms with Crippen LogP contribution >= 0.6 is 0 Å². The van der Waals surface area contributed by atoms with Crippen LogP contribution < -0.4 is 0 Å². The Hall–Kier alpha value is -0.120.